The Morgan fingerprint density at radius 2 is 2.10 bits per heavy atom. The molecule has 0 radical (unpaired) electrons. The standard InChI is InChI=1S/C22H18N2O4S2/c25-21-19-15-4-1-5-18(15)30-20(19)23-22(24(21)10-14-3-2-8-26-14)29-11-13-6-7-16-17(9-13)28-12-27-16/h2-3,6-9H,1,4-5,10-12H2. The highest BCUT2D eigenvalue weighted by Gasteiger charge is 2.24. The summed E-state index contributed by atoms with van der Waals surface area (Å²) in [5.41, 5.74) is 2.33. The quantitative estimate of drug-likeness (QED) is 0.335. The minimum absolute atomic E-state index is 0.0315. The molecule has 0 amide bonds. The fraction of sp³-hybridized carbons (Fsp3) is 0.273. The molecule has 0 bridgehead atoms. The van der Waals surface area contributed by atoms with Crippen molar-refractivity contribution in [3.05, 3.63) is 68.7 Å². The van der Waals surface area contributed by atoms with Gasteiger partial charge in [-0.15, -0.1) is 11.3 Å². The maximum Gasteiger partial charge on any atom is 0.263 e. The second-order valence-corrected chi connectivity index (χ2v) is 9.40. The second kappa shape index (κ2) is 7.21. The van der Waals surface area contributed by atoms with Gasteiger partial charge in [-0.25, -0.2) is 4.98 Å². The van der Waals surface area contributed by atoms with Crippen LogP contribution in [0.2, 0.25) is 0 Å². The highest BCUT2D eigenvalue weighted by molar-refractivity contribution is 7.98. The number of furan rings is 1. The van der Waals surface area contributed by atoms with Gasteiger partial charge in [0.15, 0.2) is 16.7 Å². The van der Waals surface area contributed by atoms with Gasteiger partial charge in [0.2, 0.25) is 6.79 Å². The fourth-order valence-electron chi connectivity index (χ4n) is 4.04. The summed E-state index contributed by atoms with van der Waals surface area (Å²) >= 11 is 3.23. The van der Waals surface area contributed by atoms with E-state index >= 15 is 0 Å². The Kier molecular flexibility index (Phi) is 4.35. The van der Waals surface area contributed by atoms with Crippen molar-refractivity contribution in [2.75, 3.05) is 6.79 Å². The molecule has 0 N–H and O–H groups in total. The summed E-state index contributed by atoms with van der Waals surface area (Å²) in [4.78, 5) is 20.6. The molecule has 0 fully saturated rings. The second-order valence-electron chi connectivity index (χ2n) is 7.38. The van der Waals surface area contributed by atoms with Crippen LogP contribution in [-0.2, 0) is 25.1 Å². The van der Waals surface area contributed by atoms with Crippen LogP contribution < -0.4 is 15.0 Å². The van der Waals surface area contributed by atoms with Crippen LogP contribution in [0.15, 0.2) is 51.0 Å². The molecule has 6 nitrogen and oxygen atoms in total. The molecule has 152 valence electrons. The van der Waals surface area contributed by atoms with Crippen molar-refractivity contribution in [2.45, 2.75) is 36.7 Å². The van der Waals surface area contributed by atoms with Crippen LogP contribution in [0.3, 0.4) is 0 Å². The lowest BCUT2D eigenvalue weighted by Crippen LogP contribution is -2.24. The van der Waals surface area contributed by atoms with Gasteiger partial charge in [-0.05, 0) is 54.7 Å². The monoisotopic (exact) mass is 438 g/mol. The summed E-state index contributed by atoms with van der Waals surface area (Å²) in [7, 11) is 0. The largest absolute Gasteiger partial charge is 0.467 e. The van der Waals surface area contributed by atoms with Crippen molar-refractivity contribution in [3.8, 4) is 11.5 Å². The zero-order chi connectivity index (χ0) is 20.1. The first-order valence-corrected chi connectivity index (χ1v) is 11.7. The van der Waals surface area contributed by atoms with Crippen molar-refractivity contribution in [2.24, 2.45) is 0 Å². The molecule has 1 aromatic carbocycles. The van der Waals surface area contributed by atoms with Crippen LogP contribution in [-0.4, -0.2) is 16.3 Å². The first-order chi connectivity index (χ1) is 14.8. The van der Waals surface area contributed by atoms with Gasteiger partial charge < -0.3 is 13.9 Å². The van der Waals surface area contributed by atoms with E-state index in [4.69, 9.17) is 18.9 Å². The van der Waals surface area contributed by atoms with Crippen LogP contribution in [0.4, 0.5) is 0 Å². The average molecular weight is 439 g/mol. The van der Waals surface area contributed by atoms with Crippen molar-refractivity contribution in [1.29, 1.82) is 0 Å². The molecule has 30 heavy (non-hydrogen) atoms. The highest BCUT2D eigenvalue weighted by atomic mass is 32.2. The number of aryl methyl sites for hydroxylation is 2. The van der Waals surface area contributed by atoms with Crippen molar-refractivity contribution in [1.82, 2.24) is 9.55 Å². The number of aromatic nitrogens is 2. The van der Waals surface area contributed by atoms with E-state index in [9.17, 15) is 4.79 Å². The number of rotatable bonds is 5. The Labute approximate surface area is 180 Å². The molecule has 8 heteroatoms. The Bertz CT molecular complexity index is 1310. The van der Waals surface area contributed by atoms with Gasteiger partial charge >= 0.3 is 0 Å². The molecule has 0 saturated heterocycles. The molecule has 0 atom stereocenters. The number of thioether (sulfide) groups is 1. The zero-order valence-electron chi connectivity index (χ0n) is 16.1. The van der Waals surface area contributed by atoms with Gasteiger partial charge in [0.05, 0.1) is 18.2 Å². The predicted octanol–water partition coefficient (Wildman–Crippen LogP) is 4.61. The Hall–Kier alpha value is -2.71. The minimum Gasteiger partial charge on any atom is -0.467 e. The van der Waals surface area contributed by atoms with Crippen LogP contribution in [0.1, 0.15) is 28.2 Å². The Balaban J connectivity index is 1.39. The topological polar surface area (TPSA) is 66.5 Å². The van der Waals surface area contributed by atoms with Crippen molar-refractivity contribution >= 4 is 33.3 Å². The van der Waals surface area contributed by atoms with Crippen molar-refractivity contribution in [3.63, 3.8) is 0 Å². The summed E-state index contributed by atoms with van der Waals surface area (Å²) in [5, 5.41) is 1.51. The van der Waals surface area contributed by atoms with Gasteiger partial charge in [0.1, 0.15) is 10.6 Å². The summed E-state index contributed by atoms with van der Waals surface area (Å²) in [6.07, 6.45) is 4.77. The summed E-state index contributed by atoms with van der Waals surface area (Å²) in [6.45, 7) is 0.638. The molecule has 4 heterocycles. The number of hydrogen-bond donors (Lipinski definition) is 0. The van der Waals surface area contributed by atoms with Crippen LogP contribution in [0.25, 0.3) is 10.2 Å². The smallest absolute Gasteiger partial charge is 0.263 e. The number of hydrogen-bond acceptors (Lipinski definition) is 7. The van der Waals surface area contributed by atoms with E-state index in [0.29, 0.717) is 17.5 Å². The van der Waals surface area contributed by atoms with E-state index in [1.807, 2.05) is 30.3 Å². The summed E-state index contributed by atoms with van der Waals surface area (Å²) in [5.74, 6) is 2.96. The number of nitrogens with zero attached hydrogens (tertiary/aromatic N) is 2. The Morgan fingerprint density at radius 3 is 3.00 bits per heavy atom. The molecule has 0 unspecified atom stereocenters. The first-order valence-electron chi connectivity index (χ1n) is 9.85. The molecule has 6 rings (SSSR count). The minimum atomic E-state index is 0.0315. The number of fused-ring (bicyclic) bond motifs is 4. The van der Waals surface area contributed by atoms with E-state index in [0.717, 1.165) is 52.3 Å². The van der Waals surface area contributed by atoms with Gasteiger partial charge in [-0.3, -0.25) is 9.36 Å². The van der Waals surface area contributed by atoms with Gasteiger partial charge in [0, 0.05) is 10.6 Å². The number of ether oxygens (including phenoxy) is 2. The molecule has 4 aromatic rings. The van der Waals surface area contributed by atoms with Gasteiger partial charge in [0.25, 0.3) is 5.56 Å². The van der Waals surface area contributed by atoms with Gasteiger partial charge in [-0.1, -0.05) is 17.8 Å². The average Bonchev–Trinajstić information content (AvgIpc) is 3.52. The lowest BCUT2D eigenvalue weighted by molar-refractivity contribution is 0.174. The Morgan fingerprint density at radius 1 is 1.17 bits per heavy atom. The van der Waals surface area contributed by atoms with Crippen molar-refractivity contribution < 1.29 is 13.9 Å². The number of benzene rings is 1. The molecule has 1 aliphatic heterocycles. The summed E-state index contributed by atoms with van der Waals surface area (Å²) in [6, 6.07) is 9.67. The van der Waals surface area contributed by atoms with E-state index in [1.54, 1.807) is 33.9 Å². The molecule has 1 aliphatic carbocycles. The fourth-order valence-corrected chi connectivity index (χ4v) is 6.29. The predicted molar refractivity (Wildman–Crippen MR) is 116 cm³/mol. The summed E-state index contributed by atoms with van der Waals surface area (Å²) < 4.78 is 18.2. The highest BCUT2D eigenvalue weighted by Crippen LogP contribution is 2.37. The third-order valence-electron chi connectivity index (χ3n) is 5.49. The molecular weight excluding hydrogens is 420 g/mol. The molecule has 0 spiro atoms. The van der Waals surface area contributed by atoms with Gasteiger partial charge in [-0.2, -0.15) is 0 Å². The molecule has 0 saturated carbocycles. The first kappa shape index (κ1) is 18.1. The third kappa shape index (κ3) is 3.02. The maximum absolute atomic E-state index is 13.5. The van der Waals surface area contributed by atoms with E-state index in [2.05, 4.69) is 0 Å². The molecule has 2 aliphatic rings. The normalized spacial score (nSPS) is 14.5. The van der Waals surface area contributed by atoms with E-state index in [1.165, 1.54) is 10.4 Å². The lowest BCUT2D eigenvalue weighted by atomic mass is 10.2. The maximum atomic E-state index is 13.5. The van der Waals surface area contributed by atoms with Crippen LogP contribution in [0.5, 0.6) is 11.5 Å². The third-order valence-corrected chi connectivity index (χ3v) is 7.72. The molecule has 3 aromatic heterocycles. The lowest BCUT2D eigenvalue weighted by Gasteiger charge is -2.11. The van der Waals surface area contributed by atoms with Crippen LogP contribution in [0, 0.1) is 0 Å². The zero-order valence-corrected chi connectivity index (χ0v) is 17.7. The SMILES string of the molecule is O=c1c2c3c(sc2nc(SCc2ccc4c(c2)OCO4)n1Cc1ccco1)CCC3. The van der Waals surface area contributed by atoms with E-state index in [-0.39, 0.29) is 12.4 Å². The van der Waals surface area contributed by atoms with E-state index < -0.39 is 0 Å². The van der Waals surface area contributed by atoms with Crippen LogP contribution >= 0.6 is 23.1 Å². The number of thiophene rings is 1. The molecular formula is C22H18N2O4S2.